The van der Waals surface area contributed by atoms with Crippen LogP contribution in [0.5, 0.6) is 0 Å². The van der Waals surface area contributed by atoms with Gasteiger partial charge >= 0.3 is 12.0 Å². The van der Waals surface area contributed by atoms with Crippen LogP contribution in [0.3, 0.4) is 0 Å². The van der Waals surface area contributed by atoms with Crippen molar-refractivity contribution in [2.24, 2.45) is 0 Å². The number of urea groups is 1. The van der Waals surface area contributed by atoms with E-state index in [1.807, 2.05) is 37.3 Å². The maximum absolute atomic E-state index is 13.0. The number of carboxylic acid groups (broad SMARTS) is 1. The predicted octanol–water partition coefficient (Wildman–Crippen LogP) is 2.76. The molecule has 0 spiro atoms. The highest BCUT2D eigenvalue weighted by Gasteiger charge is 2.33. The zero-order valence-electron chi connectivity index (χ0n) is 20.1. The molecule has 2 aromatic carbocycles. The van der Waals surface area contributed by atoms with Crippen molar-refractivity contribution in [2.45, 2.75) is 24.3 Å². The van der Waals surface area contributed by atoms with E-state index in [-0.39, 0.29) is 22.5 Å². The summed E-state index contributed by atoms with van der Waals surface area (Å²) in [6.45, 7) is 4.06. The molecule has 4 rings (SSSR count). The summed E-state index contributed by atoms with van der Waals surface area (Å²) in [5.74, 6) is -1.18. The average Bonchev–Trinajstić information content (AvgIpc) is 3.32. The van der Waals surface area contributed by atoms with Crippen LogP contribution < -0.4 is 10.6 Å². The summed E-state index contributed by atoms with van der Waals surface area (Å²) in [5.41, 5.74) is 2.23. The highest BCUT2D eigenvalue weighted by molar-refractivity contribution is 7.89. The number of nitrogens with one attached hydrogen (secondary N) is 2. The molecule has 0 radical (unpaired) electrons. The van der Waals surface area contributed by atoms with Crippen LogP contribution in [-0.4, -0.2) is 79.0 Å². The summed E-state index contributed by atoms with van der Waals surface area (Å²) in [7, 11) is -2.32. The van der Waals surface area contributed by atoms with Crippen molar-refractivity contribution >= 4 is 38.6 Å². The van der Waals surface area contributed by atoms with E-state index in [0.29, 0.717) is 38.3 Å². The van der Waals surface area contributed by atoms with Crippen molar-refractivity contribution < 1.29 is 23.1 Å². The molecule has 1 saturated heterocycles. The Morgan fingerprint density at radius 1 is 1.17 bits per heavy atom. The number of rotatable bonds is 8. The number of fused-ring (bicyclic) bond motifs is 1. The lowest BCUT2D eigenvalue weighted by Gasteiger charge is -2.24. The molecule has 0 aliphatic carbocycles. The normalized spacial score (nSPS) is 16.4. The highest BCUT2D eigenvalue weighted by atomic mass is 32.2. The summed E-state index contributed by atoms with van der Waals surface area (Å²) >= 11 is 0. The number of carbonyl (C=O) groups is 2. The van der Waals surface area contributed by atoms with Gasteiger partial charge in [0.1, 0.15) is 0 Å². The first-order valence-corrected chi connectivity index (χ1v) is 13.0. The molecule has 1 aliphatic heterocycles. The van der Waals surface area contributed by atoms with Crippen molar-refractivity contribution in [2.75, 3.05) is 38.5 Å². The zero-order chi connectivity index (χ0) is 25.9. The van der Waals surface area contributed by atoms with Gasteiger partial charge in [-0.25, -0.2) is 18.0 Å². The molecule has 190 valence electrons. The minimum absolute atomic E-state index is 0.0411. The van der Waals surface area contributed by atoms with Gasteiger partial charge in [-0.1, -0.05) is 24.3 Å². The van der Waals surface area contributed by atoms with Gasteiger partial charge in [0.2, 0.25) is 10.0 Å². The Hall–Kier alpha value is -3.54. The third kappa shape index (κ3) is 5.64. The third-order valence-electron chi connectivity index (χ3n) is 6.33. The summed E-state index contributed by atoms with van der Waals surface area (Å²) in [6.07, 6.45) is 0.642. The van der Waals surface area contributed by atoms with Gasteiger partial charge in [-0.05, 0) is 50.2 Å². The maximum Gasteiger partial charge on any atom is 0.335 e. The summed E-state index contributed by atoms with van der Waals surface area (Å²) in [4.78, 5) is 30.2. The topological polar surface area (TPSA) is 132 Å². The van der Waals surface area contributed by atoms with Gasteiger partial charge in [-0.2, -0.15) is 4.31 Å². The molecule has 36 heavy (non-hydrogen) atoms. The van der Waals surface area contributed by atoms with E-state index in [9.17, 15) is 23.1 Å². The van der Waals surface area contributed by atoms with E-state index < -0.39 is 16.0 Å². The number of amides is 2. The van der Waals surface area contributed by atoms with Crippen molar-refractivity contribution in [3.63, 3.8) is 0 Å². The first-order chi connectivity index (χ1) is 17.1. The summed E-state index contributed by atoms with van der Waals surface area (Å²) in [6, 6.07) is 14.2. The van der Waals surface area contributed by atoms with Crippen LogP contribution in [0.1, 0.15) is 22.5 Å². The van der Waals surface area contributed by atoms with Crippen LogP contribution in [0, 0.1) is 6.92 Å². The molecular weight excluding hydrogens is 482 g/mol. The monoisotopic (exact) mass is 511 g/mol. The smallest absolute Gasteiger partial charge is 0.335 e. The molecule has 1 aromatic heterocycles. The first kappa shape index (κ1) is 25.5. The van der Waals surface area contributed by atoms with E-state index >= 15 is 0 Å². The Labute approximate surface area is 210 Å². The molecule has 11 heteroatoms. The molecule has 3 N–H and O–H groups in total. The van der Waals surface area contributed by atoms with Crippen molar-refractivity contribution in [3.8, 4) is 0 Å². The number of para-hydroxylation sites is 1. The number of pyridine rings is 1. The third-order valence-corrected chi connectivity index (χ3v) is 8.23. The second-order valence-electron chi connectivity index (χ2n) is 8.81. The Bertz CT molecular complexity index is 1390. The van der Waals surface area contributed by atoms with Gasteiger partial charge in [-0.3, -0.25) is 9.88 Å². The average molecular weight is 512 g/mol. The van der Waals surface area contributed by atoms with Gasteiger partial charge in [0.05, 0.1) is 21.7 Å². The van der Waals surface area contributed by atoms with Crippen LogP contribution in [-0.2, 0) is 10.0 Å². The fourth-order valence-electron chi connectivity index (χ4n) is 4.37. The second-order valence-corrected chi connectivity index (χ2v) is 10.8. The lowest BCUT2D eigenvalue weighted by molar-refractivity contribution is 0.0696. The SMILES string of the molecule is Cc1cc(NC(=O)NCCN2CCC(N(C)S(=O)(=O)c3cccc(C(=O)O)c3)C2)c2ccccc2n1. The molecule has 2 amide bonds. The number of hydrogen-bond donors (Lipinski definition) is 3. The largest absolute Gasteiger partial charge is 0.478 e. The number of sulfonamides is 1. The Balaban J connectivity index is 1.30. The minimum Gasteiger partial charge on any atom is -0.478 e. The maximum atomic E-state index is 13.0. The highest BCUT2D eigenvalue weighted by Crippen LogP contribution is 2.24. The Morgan fingerprint density at radius 2 is 1.94 bits per heavy atom. The quantitative estimate of drug-likeness (QED) is 0.424. The molecule has 2 heterocycles. The number of carbonyl (C=O) groups excluding carboxylic acids is 1. The molecule has 1 unspecified atom stereocenters. The van der Waals surface area contributed by atoms with Crippen LogP contribution in [0.4, 0.5) is 10.5 Å². The fraction of sp³-hybridized carbons (Fsp3) is 0.320. The van der Waals surface area contributed by atoms with Gasteiger partial charge in [0.25, 0.3) is 0 Å². The van der Waals surface area contributed by atoms with Crippen LogP contribution in [0.2, 0.25) is 0 Å². The zero-order valence-corrected chi connectivity index (χ0v) is 21.0. The number of carboxylic acids is 1. The molecule has 10 nitrogen and oxygen atoms in total. The second kappa shape index (κ2) is 10.6. The Morgan fingerprint density at radius 3 is 2.72 bits per heavy atom. The number of aromatic nitrogens is 1. The number of aryl methyl sites for hydroxylation is 1. The number of likely N-dealkylation sites (N-methyl/N-ethyl adjacent to an activating group) is 1. The van der Waals surface area contributed by atoms with Crippen LogP contribution in [0.25, 0.3) is 10.9 Å². The standard InChI is InChI=1S/C25H29N5O5S/c1-17-14-23(21-8-3-4-9-22(21)27-17)28-25(33)26-11-13-30-12-10-19(16-30)29(2)36(34,35)20-7-5-6-18(15-20)24(31)32/h3-9,14-15,19H,10-13,16H2,1-2H3,(H,31,32)(H2,26,27,28,33). The first-order valence-electron chi connectivity index (χ1n) is 11.6. The summed E-state index contributed by atoms with van der Waals surface area (Å²) in [5, 5.41) is 15.8. The predicted molar refractivity (Wildman–Crippen MR) is 137 cm³/mol. The molecular formula is C25H29N5O5S. The number of benzene rings is 2. The van der Waals surface area contributed by atoms with E-state index in [2.05, 4.69) is 20.5 Å². The number of aromatic carboxylic acids is 1. The van der Waals surface area contributed by atoms with Gasteiger partial charge in [0, 0.05) is 43.8 Å². The van der Waals surface area contributed by atoms with E-state index in [4.69, 9.17) is 0 Å². The van der Waals surface area contributed by atoms with Crippen LogP contribution >= 0.6 is 0 Å². The molecule has 1 fully saturated rings. The molecule has 1 aliphatic rings. The van der Waals surface area contributed by atoms with Crippen LogP contribution in [0.15, 0.2) is 59.5 Å². The molecule has 1 atom stereocenters. The van der Waals surface area contributed by atoms with Gasteiger partial charge in [-0.15, -0.1) is 0 Å². The van der Waals surface area contributed by atoms with Gasteiger partial charge in [0.15, 0.2) is 0 Å². The van der Waals surface area contributed by atoms with Crippen molar-refractivity contribution in [1.29, 1.82) is 0 Å². The minimum atomic E-state index is -3.83. The van der Waals surface area contributed by atoms with Crippen molar-refractivity contribution in [3.05, 3.63) is 65.9 Å². The van der Waals surface area contributed by atoms with E-state index in [1.165, 1.54) is 35.6 Å². The number of likely N-dealkylation sites (tertiary alicyclic amines) is 1. The van der Waals surface area contributed by atoms with E-state index in [1.54, 1.807) is 0 Å². The van der Waals surface area contributed by atoms with Crippen molar-refractivity contribution in [1.82, 2.24) is 19.5 Å². The Kier molecular flexibility index (Phi) is 7.53. The fourth-order valence-corrected chi connectivity index (χ4v) is 5.79. The molecule has 0 saturated carbocycles. The molecule has 0 bridgehead atoms. The number of nitrogens with zero attached hydrogens (tertiary/aromatic N) is 3. The summed E-state index contributed by atoms with van der Waals surface area (Å²) < 4.78 is 27.4. The van der Waals surface area contributed by atoms with E-state index in [0.717, 1.165) is 16.6 Å². The number of hydrogen-bond acceptors (Lipinski definition) is 6. The lowest BCUT2D eigenvalue weighted by Crippen LogP contribution is -2.40. The lowest BCUT2D eigenvalue weighted by atomic mass is 10.1. The molecule has 3 aromatic rings. The number of anilines is 1. The van der Waals surface area contributed by atoms with Gasteiger partial charge < -0.3 is 15.7 Å².